The Labute approximate surface area is 142 Å². The molecule has 0 aliphatic carbocycles. The number of aromatic nitrogens is 2. The van der Waals surface area contributed by atoms with Gasteiger partial charge in [-0.3, -0.25) is 20.2 Å². The van der Waals surface area contributed by atoms with Gasteiger partial charge in [0.1, 0.15) is 10.7 Å². The van der Waals surface area contributed by atoms with Gasteiger partial charge in [0, 0.05) is 24.7 Å². The van der Waals surface area contributed by atoms with Crippen molar-refractivity contribution in [1.82, 2.24) is 10.2 Å². The summed E-state index contributed by atoms with van der Waals surface area (Å²) in [6, 6.07) is 4.58. The first kappa shape index (κ1) is 16.3. The number of carbonyl (C=O) groups is 1. The summed E-state index contributed by atoms with van der Waals surface area (Å²) in [7, 11) is 0. The summed E-state index contributed by atoms with van der Waals surface area (Å²) in [4.78, 5) is 25.2. The van der Waals surface area contributed by atoms with E-state index >= 15 is 0 Å². The number of anilines is 2. The Morgan fingerprint density at radius 2 is 2.12 bits per heavy atom. The molecular formula is C15H17N5O3S. The number of hydrogen-bond acceptors (Lipinski definition) is 7. The minimum atomic E-state index is -0.440. The molecule has 0 unspecified atom stereocenters. The zero-order valence-corrected chi connectivity index (χ0v) is 14.0. The standard InChI is InChI=1S/C15H17N5O3S/c1-2-13-17-18-15(24-13)16-14(21)10-5-6-11(12(9-10)20(22)23)19-7-3-4-8-19/h5-6,9H,2-4,7-8H2,1H3,(H,16,18,21). The SMILES string of the molecule is CCc1nnc(NC(=O)c2ccc(N3CCCC3)c([N+](=O)[O-])c2)s1. The third kappa shape index (κ3) is 3.35. The van der Waals surface area contributed by atoms with Gasteiger partial charge in [-0.25, -0.2) is 0 Å². The van der Waals surface area contributed by atoms with Crippen LogP contribution in [0.25, 0.3) is 0 Å². The van der Waals surface area contributed by atoms with Crippen LogP contribution in [0.5, 0.6) is 0 Å². The molecule has 8 nitrogen and oxygen atoms in total. The van der Waals surface area contributed by atoms with Crippen molar-refractivity contribution in [2.24, 2.45) is 0 Å². The summed E-state index contributed by atoms with van der Waals surface area (Å²) in [5.41, 5.74) is 0.757. The van der Waals surface area contributed by atoms with Crippen molar-refractivity contribution in [2.45, 2.75) is 26.2 Å². The van der Waals surface area contributed by atoms with E-state index in [1.165, 1.54) is 17.4 Å². The summed E-state index contributed by atoms with van der Waals surface area (Å²) in [5, 5.41) is 23.0. The van der Waals surface area contributed by atoms with E-state index in [4.69, 9.17) is 0 Å². The summed E-state index contributed by atoms with van der Waals surface area (Å²) in [5.74, 6) is -0.426. The molecule has 0 saturated carbocycles. The lowest BCUT2D eigenvalue weighted by Crippen LogP contribution is -2.19. The maximum atomic E-state index is 12.3. The highest BCUT2D eigenvalue weighted by Gasteiger charge is 2.24. The lowest BCUT2D eigenvalue weighted by atomic mass is 10.1. The average Bonchev–Trinajstić information content (AvgIpc) is 3.25. The van der Waals surface area contributed by atoms with E-state index < -0.39 is 10.8 Å². The quantitative estimate of drug-likeness (QED) is 0.659. The zero-order chi connectivity index (χ0) is 17.1. The van der Waals surface area contributed by atoms with Crippen LogP contribution in [0, 0.1) is 10.1 Å². The molecule has 0 spiro atoms. The molecule has 1 N–H and O–H groups in total. The number of nitrogens with one attached hydrogen (secondary N) is 1. The second-order valence-electron chi connectivity index (χ2n) is 5.46. The predicted octanol–water partition coefficient (Wildman–Crippen LogP) is 2.86. The Bertz CT molecular complexity index is 770. The number of benzene rings is 1. The molecule has 2 aromatic rings. The zero-order valence-electron chi connectivity index (χ0n) is 13.2. The van der Waals surface area contributed by atoms with Crippen LogP contribution in [-0.2, 0) is 6.42 Å². The fourth-order valence-electron chi connectivity index (χ4n) is 2.65. The van der Waals surface area contributed by atoms with Gasteiger partial charge in [-0.1, -0.05) is 18.3 Å². The first-order chi connectivity index (χ1) is 11.6. The molecule has 0 atom stereocenters. The number of rotatable bonds is 5. The van der Waals surface area contributed by atoms with Crippen molar-refractivity contribution in [1.29, 1.82) is 0 Å². The summed E-state index contributed by atoms with van der Waals surface area (Å²) in [6.45, 7) is 3.56. The van der Waals surface area contributed by atoms with Crippen LogP contribution in [0.2, 0.25) is 0 Å². The number of hydrogen-bond donors (Lipinski definition) is 1. The van der Waals surface area contributed by atoms with Gasteiger partial charge >= 0.3 is 0 Å². The van der Waals surface area contributed by atoms with Crippen LogP contribution < -0.4 is 10.2 Å². The molecule has 1 aliphatic rings. The highest BCUT2D eigenvalue weighted by molar-refractivity contribution is 7.15. The molecule has 2 heterocycles. The largest absolute Gasteiger partial charge is 0.366 e. The van der Waals surface area contributed by atoms with Crippen molar-refractivity contribution >= 4 is 33.8 Å². The smallest absolute Gasteiger partial charge is 0.293 e. The minimum Gasteiger partial charge on any atom is -0.366 e. The number of nitro groups is 1. The van der Waals surface area contributed by atoms with E-state index in [2.05, 4.69) is 15.5 Å². The second kappa shape index (κ2) is 6.91. The molecular weight excluding hydrogens is 330 g/mol. The number of amides is 1. The van der Waals surface area contributed by atoms with Crippen molar-refractivity contribution in [2.75, 3.05) is 23.3 Å². The molecule has 9 heteroatoms. The second-order valence-corrected chi connectivity index (χ2v) is 6.53. The van der Waals surface area contributed by atoms with Gasteiger partial charge < -0.3 is 4.90 Å². The van der Waals surface area contributed by atoms with E-state index in [9.17, 15) is 14.9 Å². The first-order valence-electron chi connectivity index (χ1n) is 7.75. The molecule has 1 aromatic heterocycles. The van der Waals surface area contributed by atoms with Crippen LogP contribution in [0.3, 0.4) is 0 Å². The summed E-state index contributed by atoms with van der Waals surface area (Å²) >= 11 is 1.29. The first-order valence-corrected chi connectivity index (χ1v) is 8.57. The van der Waals surface area contributed by atoms with E-state index in [1.54, 1.807) is 12.1 Å². The monoisotopic (exact) mass is 347 g/mol. The van der Waals surface area contributed by atoms with E-state index in [0.29, 0.717) is 10.8 Å². The Hall–Kier alpha value is -2.55. The third-order valence-corrected chi connectivity index (χ3v) is 4.85. The predicted molar refractivity (Wildman–Crippen MR) is 91.8 cm³/mol. The van der Waals surface area contributed by atoms with Gasteiger partial charge in [-0.15, -0.1) is 10.2 Å². The van der Waals surface area contributed by atoms with E-state index in [0.717, 1.165) is 37.4 Å². The number of carbonyl (C=O) groups excluding carboxylic acids is 1. The number of nitro benzene ring substituents is 1. The maximum absolute atomic E-state index is 12.3. The maximum Gasteiger partial charge on any atom is 0.293 e. The van der Waals surface area contributed by atoms with Crippen molar-refractivity contribution in [3.05, 3.63) is 38.9 Å². The molecule has 1 aromatic carbocycles. The molecule has 0 bridgehead atoms. The Morgan fingerprint density at radius 1 is 1.38 bits per heavy atom. The molecule has 1 aliphatic heterocycles. The topological polar surface area (TPSA) is 101 Å². The Morgan fingerprint density at radius 3 is 2.75 bits per heavy atom. The van der Waals surface area contributed by atoms with Gasteiger partial charge in [-0.05, 0) is 31.4 Å². The fourth-order valence-corrected chi connectivity index (χ4v) is 3.33. The third-order valence-electron chi connectivity index (χ3n) is 3.87. The van der Waals surface area contributed by atoms with Crippen molar-refractivity contribution in [3.63, 3.8) is 0 Å². The van der Waals surface area contributed by atoms with Gasteiger partial charge in [0.25, 0.3) is 11.6 Å². The van der Waals surface area contributed by atoms with Crippen LogP contribution in [0.4, 0.5) is 16.5 Å². The number of aryl methyl sites for hydroxylation is 1. The van der Waals surface area contributed by atoms with Gasteiger partial charge in [-0.2, -0.15) is 0 Å². The highest BCUT2D eigenvalue weighted by atomic mass is 32.1. The van der Waals surface area contributed by atoms with Crippen molar-refractivity contribution < 1.29 is 9.72 Å². The molecule has 1 fully saturated rings. The van der Waals surface area contributed by atoms with Crippen LogP contribution in [0.15, 0.2) is 18.2 Å². The molecule has 126 valence electrons. The van der Waals surface area contributed by atoms with Crippen LogP contribution in [0.1, 0.15) is 35.1 Å². The van der Waals surface area contributed by atoms with Gasteiger partial charge in [0.05, 0.1) is 4.92 Å². The van der Waals surface area contributed by atoms with E-state index in [1.807, 2.05) is 11.8 Å². The minimum absolute atomic E-state index is 0.0453. The lowest BCUT2D eigenvalue weighted by molar-refractivity contribution is -0.384. The molecule has 24 heavy (non-hydrogen) atoms. The van der Waals surface area contributed by atoms with E-state index in [-0.39, 0.29) is 11.3 Å². The summed E-state index contributed by atoms with van der Waals surface area (Å²) < 4.78 is 0. The normalized spacial score (nSPS) is 14.0. The lowest BCUT2D eigenvalue weighted by Gasteiger charge is -2.17. The molecule has 3 rings (SSSR count). The highest BCUT2D eigenvalue weighted by Crippen LogP contribution is 2.32. The van der Waals surface area contributed by atoms with Crippen molar-refractivity contribution in [3.8, 4) is 0 Å². The molecule has 1 saturated heterocycles. The average molecular weight is 347 g/mol. The van der Waals surface area contributed by atoms with Gasteiger partial charge in [0.15, 0.2) is 0 Å². The fraction of sp³-hybridized carbons (Fsp3) is 0.400. The molecule has 0 radical (unpaired) electrons. The number of nitrogens with zero attached hydrogens (tertiary/aromatic N) is 4. The van der Waals surface area contributed by atoms with Crippen LogP contribution in [-0.4, -0.2) is 34.1 Å². The molecule has 1 amide bonds. The van der Waals surface area contributed by atoms with Crippen LogP contribution >= 0.6 is 11.3 Å². The Balaban J connectivity index is 1.83. The Kier molecular flexibility index (Phi) is 4.70. The van der Waals surface area contributed by atoms with Gasteiger partial charge in [0.2, 0.25) is 5.13 Å². The summed E-state index contributed by atoms with van der Waals surface area (Å²) in [6.07, 6.45) is 2.79.